The van der Waals surface area contributed by atoms with Gasteiger partial charge in [-0.05, 0) is 18.1 Å². The molecule has 1 aliphatic rings. The Kier molecular flexibility index (Phi) is 3.49. The highest BCUT2D eigenvalue weighted by Crippen LogP contribution is 2.52. The molecule has 0 atom stereocenters. The SMILES string of the molecule is CC(C)(C)[Si](C)(C)OC1(C(F)(F)F)CC(O)C1. The third-order valence-corrected chi connectivity index (χ3v) is 8.42. The van der Waals surface area contributed by atoms with E-state index in [0.717, 1.165) is 0 Å². The lowest BCUT2D eigenvalue weighted by molar-refractivity contribution is -0.298. The molecule has 0 amide bonds. The lowest BCUT2D eigenvalue weighted by atomic mass is 9.77. The van der Waals surface area contributed by atoms with Gasteiger partial charge in [0.25, 0.3) is 0 Å². The fourth-order valence-corrected chi connectivity index (χ4v) is 3.28. The summed E-state index contributed by atoms with van der Waals surface area (Å²) in [5.74, 6) is 0. The Bertz CT molecular complexity index is 288. The summed E-state index contributed by atoms with van der Waals surface area (Å²) in [7, 11) is -2.48. The van der Waals surface area contributed by atoms with Crippen LogP contribution in [0.2, 0.25) is 18.1 Å². The number of rotatable bonds is 2. The lowest BCUT2D eigenvalue weighted by Crippen LogP contribution is -2.64. The van der Waals surface area contributed by atoms with E-state index < -0.39 is 26.2 Å². The third kappa shape index (κ3) is 2.68. The van der Waals surface area contributed by atoms with Gasteiger partial charge in [-0.15, -0.1) is 0 Å². The van der Waals surface area contributed by atoms with Crippen LogP contribution < -0.4 is 0 Å². The second kappa shape index (κ2) is 3.96. The normalized spacial score (nSPS) is 31.2. The Labute approximate surface area is 101 Å². The molecule has 0 aliphatic heterocycles. The number of aliphatic hydroxyl groups is 1. The molecule has 0 aromatic rings. The van der Waals surface area contributed by atoms with Crippen molar-refractivity contribution in [3.63, 3.8) is 0 Å². The molecule has 1 N–H and O–H groups in total. The van der Waals surface area contributed by atoms with Crippen molar-refractivity contribution >= 4 is 8.32 Å². The minimum atomic E-state index is -4.40. The van der Waals surface area contributed by atoms with Crippen molar-refractivity contribution in [2.75, 3.05) is 0 Å². The van der Waals surface area contributed by atoms with E-state index in [-0.39, 0.29) is 17.9 Å². The predicted octanol–water partition coefficient (Wildman–Crippen LogP) is 3.46. The van der Waals surface area contributed by atoms with Gasteiger partial charge in [0.1, 0.15) is 0 Å². The molecule has 1 rings (SSSR count). The van der Waals surface area contributed by atoms with Crippen LogP contribution in [-0.2, 0) is 4.43 Å². The Morgan fingerprint density at radius 3 is 1.82 bits per heavy atom. The van der Waals surface area contributed by atoms with E-state index >= 15 is 0 Å². The molecule has 0 heterocycles. The summed E-state index contributed by atoms with van der Waals surface area (Å²) in [5, 5.41) is 8.91. The maximum absolute atomic E-state index is 13.0. The molecule has 0 radical (unpaired) electrons. The lowest BCUT2D eigenvalue weighted by Gasteiger charge is -2.52. The molecule has 0 saturated heterocycles. The summed E-state index contributed by atoms with van der Waals surface area (Å²) in [6.07, 6.45) is -5.95. The highest BCUT2D eigenvalue weighted by atomic mass is 28.4. The maximum Gasteiger partial charge on any atom is 0.416 e. The highest BCUT2D eigenvalue weighted by Gasteiger charge is 2.65. The van der Waals surface area contributed by atoms with Crippen LogP contribution in [0.4, 0.5) is 13.2 Å². The van der Waals surface area contributed by atoms with Gasteiger partial charge in [0.2, 0.25) is 0 Å². The van der Waals surface area contributed by atoms with Gasteiger partial charge < -0.3 is 9.53 Å². The molecule has 0 aromatic heterocycles. The van der Waals surface area contributed by atoms with Gasteiger partial charge in [0.05, 0.1) is 6.10 Å². The molecule has 17 heavy (non-hydrogen) atoms. The molecule has 1 saturated carbocycles. The minimum Gasteiger partial charge on any atom is -0.403 e. The van der Waals surface area contributed by atoms with E-state index in [9.17, 15) is 18.3 Å². The van der Waals surface area contributed by atoms with Crippen molar-refractivity contribution in [2.45, 2.75) is 69.6 Å². The molecule has 2 nitrogen and oxygen atoms in total. The predicted molar refractivity (Wildman–Crippen MR) is 62.3 cm³/mol. The first kappa shape index (κ1) is 15.0. The zero-order chi connectivity index (χ0) is 13.7. The van der Waals surface area contributed by atoms with Gasteiger partial charge in [-0.3, -0.25) is 0 Å². The molecule has 0 aromatic carbocycles. The molecule has 0 bridgehead atoms. The Balaban J connectivity index is 2.91. The zero-order valence-corrected chi connectivity index (χ0v) is 12.0. The van der Waals surface area contributed by atoms with E-state index in [1.165, 1.54) is 0 Å². The fraction of sp³-hybridized carbons (Fsp3) is 1.00. The molecule has 0 unspecified atom stereocenters. The first-order valence-electron chi connectivity index (χ1n) is 5.76. The van der Waals surface area contributed by atoms with Gasteiger partial charge in [0, 0.05) is 12.8 Å². The molecular weight excluding hydrogens is 249 g/mol. The van der Waals surface area contributed by atoms with Crippen LogP contribution in [0.15, 0.2) is 0 Å². The number of halogens is 3. The average Bonchev–Trinajstić information content (AvgIpc) is 1.95. The van der Waals surface area contributed by atoms with Gasteiger partial charge in [-0.25, -0.2) is 0 Å². The van der Waals surface area contributed by atoms with Crippen molar-refractivity contribution < 1.29 is 22.7 Å². The first-order chi connectivity index (χ1) is 7.31. The van der Waals surface area contributed by atoms with E-state index in [0.29, 0.717) is 0 Å². The van der Waals surface area contributed by atoms with Crippen LogP contribution in [0, 0.1) is 0 Å². The van der Waals surface area contributed by atoms with E-state index in [4.69, 9.17) is 4.43 Å². The fourth-order valence-electron chi connectivity index (χ4n) is 1.72. The zero-order valence-electron chi connectivity index (χ0n) is 11.0. The minimum absolute atomic E-state index is 0.272. The first-order valence-corrected chi connectivity index (χ1v) is 8.67. The molecular formula is C11H21F3O2Si. The molecule has 0 spiro atoms. The van der Waals surface area contributed by atoms with Gasteiger partial charge >= 0.3 is 6.18 Å². The van der Waals surface area contributed by atoms with E-state index in [1.54, 1.807) is 13.1 Å². The van der Waals surface area contributed by atoms with Gasteiger partial charge in [-0.1, -0.05) is 20.8 Å². The summed E-state index contributed by atoms with van der Waals surface area (Å²) in [4.78, 5) is 0. The monoisotopic (exact) mass is 270 g/mol. The van der Waals surface area contributed by atoms with Crippen LogP contribution in [0.5, 0.6) is 0 Å². The number of alkyl halides is 3. The van der Waals surface area contributed by atoms with Crippen molar-refractivity contribution in [2.24, 2.45) is 0 Å². The van der Waals surface area contributed by atoms with Crippen molar-refractivity contribution in [1.29, 1.82) is 0 Å². The summed E-state index contributed by atoms with van der Waals surface area (Å²) >= 11 is 0. The Morgan fingerprint density at radius 1 is 1.18 bits per heavy atom. The second-order valence-electron chi connectivity index (χ2n) is 6.42. The number of hydrogen-bond donors (Lipinski definition) is 1. The summed E-state index contributed by atoms with van der Waals surface area (Å²) < 4.78 is 44.6. The second-order valence-corrected chi connectivity index (χ2v) is 11.1. The number of hydrogen-bond acceptors (Lipinski definition) is 2. The van der Waals surface area contributed by atoms with Gasteiger partial charge in [-0.2, -0.15) is 13.2 Å². The Morgan fingerprint density at radius 2 is 1.59 bits per heavy atom. The van der Waals surface area contributed by atoms with Crippen molar-refractivity contribution in [3.8, 4) is 0 Å². The van der Waals surface area contributed by atoms with Crippen molar-refractivity contribution in [1.82, 2.24) is 0 Å². The highest BCUT2D eigenvalue weighted by molar-refractivity contribution is 6.74. The van der Waals surface area contributed by atoms with Crippen LogP contribution in [0.3, 0.4) is 0 Å². The maximum atomic E-state index is 13.0. The van der Waals surface area contributed by atoms with Crippen molar-refractivity contribution in [3.05, 3.63) is 0 Å². The van der Waals surface area contributed by atoms with Gasteiger partial charge in [0.15, 0.2) is 13.9 Å². The number of aliphatic hydroxyl groups excluding tert-OH is 1. The van der Waals surface area contributed by atoms with Crippen LogP contribution >= 0.6 is 0 Å². The van der Waals surface area contributed by atoms with Crippen LogP contribution in [0.25, 0.3) is 0 Å². The quantitative estimate of drug-likeness (QED) is 0.779. The average molecular weight is 270 g/mol. The summed E-state index contributed by atoms with van der Waals surface area (Å²) in [6, 6.07) is 0. The topological polar surface area (TPSA) is 29.5 Å². The molecule has 1 fully saturated rings. The largest absolute Gasteiger partial charge is 0.416 e. The standard InChI is InChI=1S/C11H21F3O2Si/c1-9(2,3)17(4,5)16-10(11(12,13)14)6-8(15)7-10/h8,15H,6-7H2,1-5H3. The summed E-state index contributed by atoms with van der Waals surface area (Å²) in [5.41, 5.74) is -2.12. The molecule has 6 heteroatoms. The van der Waals surface area contributed by atoms with Crippen LogP contribution in [0.1, 0.15) is 33.6 Å². The molecule has 102 valence electrons. The smallest absolute Gasteiger partial charge is 0.403 e. The molecule has 1 aliphatic carbocycles. The third-order valence-electron chi connectivity index (χ3n) is 3.90. The van der Waals surface area contributed by atoms with E-state index in [2.05, 4.69) is 0 Å². The Hall–Kier alpha value is -0.0731. The summed E-state index contributed by atoms with van der Waals surface area (Å²) in [6.45, 7) is 9.30. The van der Waals surface area contributed by atoms with Crippen LogP contribution in [-0.4, -0.2) is 31.3 Å². The van der Waals surface area contributed by atoms with E-state index in [1.807, 2.05) is 20.8 Å².